The molecule has 2 fully saturated rings. The summed E-state index contributed by atoms with van der Waals surface area (Å²) >= 11 is -1.22. The Morgan fingerprint density at radius 1 is 1.24 bits per heavy atom. The zero-order valence-electron chi connectivity index (χ0n) is 16.4. The molecule has 146 valence electrons. The fourth-order valence-corrected chi connectivity index (χ4v) is 4.62. The lowest BCUT2D eigenvalue weighted by Crippen LogP contribution is -2.54. The summed E-state index contributed by atoms with van der Waals surface area (Å²) in [6.07, 6.45) is 1.13. The van der Waals surface area contributed by atoms with Crippen LogP contribution in [0.15, 0.2) is 0 Å². The van der Waals surface area contributed by atoms with E-state index in [1.165, 1.54) is 0 Å². The lowest BCUT2D eigenvalue weighted by Gasteiger charge is -2.43. The predicted octanol–water partition coefficient (Wildman–Crippen LogP) is 3.56. The molecule has 25 heavy (non-hydrogen) atoms. The summed E-state index contributed by atoms with van der Waals surface area (Å²) in [4.78, 5) is 13.9. The Labute approximate surface area is 154 Å². The molecule has 0 aromatic heterocycles. The average Bonchev–Trinajstić information content (AvgIpc) is 2.72. The van der Waals surface area contributed by atoms with Gasteiger partial charge in [0, 0.05) is 24.5 Å². The molecule has 0 unspecified atom stereocenters. The quantitative estimate of drug-likeness (QED) is 0.749. The second kappa shape index (κ2) is 7.24. The van der Waals surface area contributed by atoms with Crippen LogP contribution in [0.5, 0.6) is 0 Å². The van der Waals surface area contributed by atoms with Crippen molar-refractivity contribution in [3.05, 3.63) is 0 Å². The summed E-state index contributed by atoms with van der Waals surface area (Å²) in [7, 11) is 0. The molecule has 2 aliphatic rings. The van der Waals surface area contributed by atoms with Crippen LogP contribution in [-0.4, -0.2) is 51.2 Å². The first-order valence-electron chi connectivity index (χ1n) is 9.12. The Hall–Kier alpha value is -0.530. The summed E-state index contributed by atoms with van der Waals surface area (Å²) in [5.74, 6) is 0. The van der Waals surface area contributed by atoms with Gasteiger partial charge < -0.3 is 14.2 Å². The van der Waals surface area contributed by atoms with Crippen LogP contribution in [0.25, 0.3) is 0 Å². The van der Waals surface area contributed by atoms with Crippen LogP contribution < -0.4 is 4.72 Å². The number of hydrogen-bond acceptors (Lipinski definition) is 4. The van der Waals surface area contributed by atoms with Crippen molar-refractivity contribution in [2.45, 2.75) is 89.8 Å². The van der Waals surface area contributed by atoms with Crippen LogP contribution in [0.3, 0.4) is 0 Å². The molecule has 1 saturated carbocycles. The van der Waals surface area contributed by atoms with Gasteiger partial charge in [-0.3, -0.25) is 0 Å². The minimum absolute atomic E-state index is 0.108. The third-order valence-corrected chi connectivity index (χ3v) is 6.69. The first-order valence-corrected chi connectivity index (χ1v) is 10.3. The molecule has 0 aromatic carbocycles. The molecule has 0 aromatic rings. The Morgan fingerprint density at radius 2 is 1.80 bits per heavy atom. The standard InChI is InChI=1S/C18H33FN2O3S/c1-16(2,3)24-15(22)21-9-7-18(8-10-21)12-13(19)11-14(18)20-25(23)17(4,5)6/h13-14,20H,7-12H2,1-6H3/t13-,14-,25-/m1/s1. The molecule has 1 spiro atoms. The number of nitrogens with zero attached hydrogens (tertiary/aromatic N) is 1. The van der Waals surface area contributed by atoms with Crippen molar-refractivity contribution in [1.82, 2.24) is 9.62 Å². The van der Waals surface area contributed by atoms with Gasteiger partial charge in [-0.1, -0.05) is 0 Å². The number of carbonyl (C=O) groups excluding carboxylic acids is 1. The summed E-state index contributed by atoms with van der Waals surface area (Å²) in [6.45, 7) is 12.4. The highest BCUT2D eigenvalue weighted by Crippen LogP contribution is 2.48. The van der Waals surface area contributed by atoms with E-state index in [-0.39, 0.29) is 22.3 Å². The van der Waals surface area contributed by atoms with Crippen molar-refractivity contribution in [3.8, 4) is 0 Å². The number of likely N-dealkylation sites (tertiary alicyclic amines) is 1. The first kappa shape index (κ1) is 20.8. The van der Waals surface area contributed by atoms with E-state index < -0.39 is 23.1 Å². The molecule has 0 radical (unpaired) electrons. The number of rotatable bonds is 2. The summed E-state index contributed by atoms with van der Waals surface area (Å²) in [5, 5.41) is 0. The molecule has 1 amide bonds. The van der Waals surface area contributed by atoms with Crippen LogP contribution in [0, 0.1) is 5.41 Å². The molecule has 1 aliphatic carbocycles. The third kappa shape index (κ3) is 5.23. The highest BCUT2D eigenvalue weighted by Gasteiger charge is 2.52. The largest absolute Gasteiger partial charge is 0.598 e. The lowest BCUT2D eigenvalue weighted by atomic mass is 9.74. The third-order valence-electron chi connectivity index (χ3n) is 5.08. The number of nitrogens with one attached hydrogen (secondary N) is 1. The van der Waals surface area contributed by atoms with E-state index in [4.69, 9.17) is 4.74 Å². The van der Waals surface area contributed by atoms with Crippen molar-refractivity contribution in [2.75, 3.05) is 13.1 Å². The van der Waals surface area contributed by atoms with E-state index >= 15 is 0 Å². The summed E-state index contributed by atoms with van der Waals surface area (Å²) < 4.78 is 34.9. The van der Waals surface area contributed by atoms with E-state index in [1.54, 1.807) is 4.90 Å². The van der Waals surface area contributed by atoms with Crippen LogP contribution in [0.1, 0.15) is 67.2 Å². The summed E-state index contributed by atoms with van der Waals surface area (Å²) in [6, 6.07) is -0.108. The number of carbonyl (C=O) groups is 1. The fourth-order valence-electron chi connectivity index (χ4n) is 3.67. The Bertz CT molecular complexity index is 482. The van der Waals surface area contributed by atoms with Crippen LogP contribution in [0.4, 0.5) is 9.18 Å². The topological polar surface area (TPSA) is 64.6 Å². The van der Waals surface area contributed by atoms with E-state index in [1.807, 2.05) is 41.5 Å². The monoisotopic (exact) mass is 376 g/mol. The molecular weight excluding hydrogens is 343 g/mol. The van der Waals surface area contributed by atoms with E-state index in [2.05, 4.69) is 4.72 Å². The summed E-state index contributed by atoms with van der Waals surface area (Å²) in [5.41, 5.74) is -0.740. The second-order valence-electron chi connectivity index (χ2n) is 9.42. The fraction of sp³-hybridized carbons (Fsp3) is 0.944. The maximum absolute atomic E-state index is 14.2. The molecule has 5 nitrogen and oxygen atoms in total. The molecule has 7 heteroatoms. The molecule has 1 heterocycles. The van der Waals surface area contributed by atoms with E-state index in [9.17, 15) is 13.7 Å². The molecule has 0 bridgehead atoms. The van der Waals surface area contributed by atoms with Crippen LogP contribution >= 0.6 is 0 Å². The van der Waals surface area contributed by atoms with Gasteiger partial charge in [0.05, 0.1) is 6.04 Å². The minimum Gasteiger partial charge on any atom is -0.598 e. The van der Waals surface area contributed by atoms with Crippen molar-refractivity contribution < 1.29 is 18.5 Å². The minimum atomic E-state index is -1.22. The number of piperidine rings is 1. The van der Waals surface area contributed by atoms with Gasteiger partial charge in [0.15, 0.2) is 0 Å². The van der Waals surface area contributed by atoms with Gasteiger partial charge >= 0.3 is 6.09 Å². The second-order valence-corrected chi connectivity index (χ2v) is 11.4. The molecule has 1 aliphatic heterocycles. The van der Waals surface area contributed by atoms with Gasteiger partial charge in [-0.15, -0.1) is 4.72 Å². The van der Waals surface area contributed by atoms with Crippen molar-refractivity contribution in [1.29, 1.82) is 0 Å². The molecule has 1 saturated heterocycles. The highest BCUT2D eigenvalue weighted by atomic mass is 32.2. The van der Waals surface area contributed by atoms with Gasteiger partial charge in [-0.25, -0.2) is 9.18 Å². The number of ether oxygens (including phenoxy) is 1. The molecular formula is C18H33FN2O3S. The Balaban J connectivity index is 2.00. The average molecular weight is 377 g/mol. The number of halogens is 1. The Kier molecular flexibility index (Phi) is 6.01. The molecule has 1 N–H and O–H groups in total. The molecule has 3 atom stereocenters. The Morgan fingerprint density at radius 3 is 2.28 bits per heavy atom. The van der Waals surface area contributed by atoms with Crippen molar-refractivity contribution in [3.63, 3.8) is 0 Å². The SMILES string of the molecule is CC(C)(C)OC(=O)N1CCC2(CC1)C[C@H](F)C[C@H]2N[S@+]([O-])C(C)(C)C. The smallest absolute Gasteiger partial charge is 0.410 e. The van der Waals surface area contributed by atoms with Gasteiger partial charge in [-0.05, 0) is 72.6 Å². The van der Waals surface area contributed by atoms with E-state index in [0.717, 1.165) is 0 Å². The van der Waals surface area contributed by atoms with Gasteiger partial charge in [0.1, 0.15) is 16.5 Å². The van der Waals surface area contributed by atoms with Gasteiger partial charge in [-0.2, -0.15) is 0 Å². The van der Waals surface area contributed by atoms with Gasteiger partial charge in [0.2, 0.25) is 0 Å². The van der Waals surface area contributed by atoms with Crippen LogP contribution in [0.2, 0.25) is 0 Å². The van der Waals surface area contributed by atoms with Gasteiger partial charge in [0.25, 0.3) is 0 Å². The predicted molar refractivity (Wildman–Crippen MR) is 98.4 cm³/mol. The van der Waals surface area contributed by atoms with Crippen molar-refractivity contribution >= 4 is 17.5 Å². The zero-order chi connectivity index (χ0) is 19.0. The number of alkyl halides is 1. The number of amides is 1. The normalized spacial score (nSPS) is 28.2. The zero-order valence-corrected chi connectivity index (χ0v) is 17.2. The maximum atomic E-state index is 14.2. The highest BCUT2D eigenvalue weighted by molar-refractivity contribution is 7.90. The molecule has 2 rings (SSSR count). The first-order chi connectivity index (χ1) is 11.3. The number of hydrogen-bond donors (Lipinski definition) is 1. The van der Waals surface area contributed by atoms with Crippen LogP contribution in [-0.2, 0) is 16.1 Å². The van der Waals surface area contributed by atoms with Crippen molar-refractivity contribution in [2.24, 2.45) is 5.41 Å². The van der Waals surface area contributed by atoms with E-state index in [0.29, 0.717) is 38.8 Å². The maximum Gasteiger partial charge on any atom is 0.410 e. The lowest BCUT2D eigenvalue weighted by molar-refractivity contribution is 0.00761.